The first-order chi connectivity index (χ1) is 7.27. The predicted octanol–water partition coefficient (Wildman–Crippen LogP) is -0.260. The van der Waals surface area contributed by atoms with Gasteiger partial charge in [0.15, 0.2) is 5.78 Å². The summed E-state index contributed by atoms with van der Waals surface area (Å²) in [6.45, 7) is 0. The van der Waals surface area contributed by atoms with E-state index in [0.717, 1.165) is 0 Å². The molecule has 16 heavy (non-hydrogen) atoms. The molecule has 2 aromatic carbocycles. The number of phenolic OH excluding ortho intramolecular Hbond substituents is 1. The number of ketones is 1. The molecule has 0 spiro atoms. The SMILES string of the molecule is O=C(c1ccccc1)c1ccc(O)cc1.[Cs+].[H-]. The van der Waals surface area contributed by atoms with E-state index in [1.165, 1.54) is 12.1 Å². The molecule has 2 rings (SSSR count). The molecule has 3 heteroatoms. The molecular weight excluding hydrogens is 321 g/mol. The van der Waals surface area contributed by atoms with Crippen LogP contribution in [0.15, 0.2) is 54.6 Å². The van der Waals surface area contributed by atoms with Crippen LogP contribution in [0.1, 0.15) is 17.3 Å². The van der Waals surface area contributed by atoms with Crippen LogP contribution in [0.5, 0.6) is 5.75 Å². The van der Waals surface area contributed by atoms with Gasteiger partial charge in [-0.25, -0.2) is 0 Å². The average molecular weight is 332 g/mol. The molecule has 0 fully saturated rings. The second kappa shape index (κ2) is 6.64. The van der Waals surface area contributed by atoms with E-state index in [1.54, 1.807) is 24.3 Å². The van der Waals surface area contributed by atoms with Gasteiger partial charge >= 0.3 is 68.9 Å². The number of phenols is 1. The van der Waals surface area contributed by atoms with Gasteiger partial charge < -0.3 is 6.53 Å². The Bertz CT molecular complexity index is 469. The number of hydrogen-bond acceptors (Lipinski definition) is 2. The molecule has 2 nitrogen and oxygen atoms in total. The summed E-state index contributed by atoms with van der Waals surface area (Å²) in [5.41, 5.74) is 1.24. The summed E-state index contributed by atoms with van der Waals surface area (Å²) >= 11 is 0. The molecule has 0 aliphatic heterocycles. The smallest absolute Gasteiger partial charge is 1.00 e. The van der Waals surface area contributed by atoms with Crippen molar-refractivity contribution in [3.8, 4) is 5.75 Å². The Hall–Kier alpha value is -0.0381. The minimum Gasteiger partial charge on any atom is -1.00 e. The first-order valence-corrected chi connectivity index (χ1v) is 4.66. The van der Waals surface area contributed by atoms with Gasteiger partial charge in [-0.2, -0.15) is 0 Å². The van der Waals surface area contributed by atoms with Crippen LogP contribution >= 0.6 is 0 Å². The summed E-state index contributed by atoms with van der Waals surface area (Å²) in [6, 6.07) is 15.3. The van der Waals surface area contributed by atoms with Crippen LogP contribution in [0.4, 0.5) is 0 Å². The molecule has 0 saturated carbocycles. The van der Waals surface area contributed by atoms with Crippen LogP contribution in [0, 0.1) is 0 Å². The molecule has 0 amide bonds. The second-order valence-corrected chi connectivity index (χ2v) is 3.24. The summed E-state index contributed by atoms with van der Waals surface area (Å²) in [5, 5.41) is 9.10. The maximum atomic E-state index is 11.9. The third-order valence-corrected chi connectivity index (χ3v) is 2.17. The monoisotopic (exact) mass is 332 g/mol. The van der Waals surface area contributed by atoms with Gasteiger partial charge in [0.25, 0.3) is 0 Å². The van der Waals surface area contributed by atoms with Crippen LogP contribution in [0.2, 0.25) is 0 Å². The minimum atomic E-state index is -0.0319. The van der Waals surface area contributed by atoms with Gasteiger partial charge in [-0.15, -0.1) is 0 Å². The van der Waals surface area contributed by atoms with Crippen molar-refractivity contribution in [3.63, 3.8) is 0 Å². The summed E-state index contributed by atoms with van der Waals surface area (Å²) in [5.74, 6) is 0.134. The molecule has 1 N–H and O–H groups in total. The van der Waals surface area contributed by atoms with Gasteiger partial charge in [0.05, 0.1) is 0 Å². The largest absolute Gasteiger partial charge is 1.00 e. The number of benzene rings is 2. The Morgan fingerprint density at radius 3 is 1.94 bits per heavy atom. The van der Waals surface area contributed by atoms with Crippen LogP contribution in [-0.2, 0) is 0 Å². The van der Waals surface area contributed by atoms with Crippen LogP contribution in [-0.4, -0.2) is 10.9 Å². The number of carbonyl (C=O) groups is 1. The van der Waals surface area contributed by atoms with Crippen molar-refractivity contribution in [1.29, 1.82) is 0 Å². The molecule has 0 unspecified atom stereocenters. The average Bonchev–Trinajstić information content (AvgIpc) is 2.30. The van der Waals surface area contributed by atoms with Gasteiger partial charge in [0.2, 0.25) is 0 Å². The Morgan fingerprint density at radius 1 is 0.875 bits per heavy atom. The van der Waals surface area contributed by atoms with Crippen molar-refractivity contribution in [3.05, 3.63) is 65.7 Å². The summed E-state index contributed by atoms with van der Waals surface area (Å²) < 4.78 is 0. The maximum absolute atomic E-state index is 11.9. The third-order valence-electron chi connectivity index (χ3n) is 2.17. The molecule has 0 aliphatic rings. The predicted molar refractivity (Wildman–Crippen MR) is 59.1 cm³/mol. The van der Waals surface area contributed by atoms with E-state index in [2.05, 4.69) is 0 Å². The fourth-order valence-corrected chi connectivity index (χ4v) is 1.37. The Balaban J connectivity index is 0.00000128. The summed E-state index contributed by atoms with van der Waals surface area (Å²) in [6.07, 6.45) is 0. The van der Waals surface area contributed by atoms with Gasteiger partial charge in [-0.1, -0.05) is 30.3 Å². The van der Waals surface area contributed by atoms with Crippen LogP contribution in [0.3, 0.4) is 0 Å². The van der Waals surface area contributed by atoms with E-state index in [4.69, 9.17) is 5.11 Å². The molecule has 0 saturated heterocycles. The Morgan fingerprint density at radius 2 is 1.38 bits per heavy atom. The zero-order chi connectivity index (χ0) is 10.7. The minimum absolute atomic E-state index is 0. The molecule has 0 atom stereocenters. The van der Waals surface area contributed by atoms with Crippen molar-refractivity contribution in [1.82, 2.24) is 0 Å². The summed E-state index contributed by atoms with van der Waals surface area (Å²) in [4.78, 5) is 11.9. The second-order valence-electron chi connectivity index (χ2n) is 3.24. The van der Waals surface area contributed by atoms with Crippen LogP contribution in [0.25, 0.3) is 0 Å². The standard InChI is InChI=1S/C13H10O2.Cs.H/c14-12-8-6-11(7-9-12)13(15)10-4-2-1-3-5-10;;/h1-9,14H;;/q;+1;-1. The van der Waals surface area contributed by atoms with Crippen molar-refractivity contribution in [2.75, 3.05) is 0 Å². The maximum Gasteiger partial charge on any atom is 1.00 e. The van der Waals surface area contributed by atoms with E-state index < -0.39 is 0 Å². The first-order valence-electron chi connectivity index (χ1n) is 4.66. The molecule has 76 valence electrons. The van der Waals surface area contributed by atoms with E-state index in [0.29, 0.717) is 11.1 Å². The summed E-state index contributed by atoms with van der Waals surface area (Å²) in [7, 11) is 0. The molecule has 0 radical (unpaired) electrons. The van der Waals surface area contributed by atoms with Gasteiger partial charge in [-0.3, -0.25) is 4.79 Å². The van der Waals surface area contributed by atoms with Crippen molar-refractivity contribution in [2.45, 2.75) is 0 Å². The van der Waals surface area contributed by atoms with Crippen molar-refractivity contribution in [2.24, 2.45) is 0 Å². The first kappa shape index (κ1) is 14.0. The van der Waals surface area contributed by atoms with Crippen molar-refractivity contribution < 1.29 is 80.2 Å². The molecule has 2 aromatic rings. The molecule has 0 aliphatic carbocycles. The van der Waals surface area contributed by atoms with E-state index in [9.17, 15) is 4.79 Å². The van der Waals surface area contributed by atoms with Gasteiger partial charge in [0, 0.05) is 11.1 Å². The topological polar surface area (TPSA) is 37.3 Å². The number of hydrogen-bond donors (Lipinski definition) is 1. The van der Waals surface area contributed by atoms with Gasteiger partial charge in [-0.05, 0) is 24.3 Å². The molecule has 0 bridgehead atoms. The number of aromatic hydroxyl groups is 1. The Labute approximate surface area is 155 Å². The number of carbonyl (C=O) groups excluding carboxylic acids is 1. The zero-order valence-electron chi connectivity index (χ0n) is 10.1. The van der Waals surface area contributed by atoms with Crippen LogP contribution < -0.4 is 68.9 Å². The van der Waals surface area contributed by atoms with E-state index in [1.807, 2.05) is 18.2 Å². The van der Waals surface area contributed by atoms with E-state index >= 15 is 0 Å². The van der Waals surface area contributed by atoms with E-state index in [-0.39, 0.29) is 81.9 Å². The van der Waals surface area contributed by atoms with Gasteiger partial charge in [0.1, 0.15) is 5.75 Å². The normalized spacial score (nSPS) is 9.25. The molecular formula is C13H11CsO2. The zero-order valence-corrected chi connectivity index (χ0v) is 15.3. The fraction of sp³-hybridized carbons (Fsp3) is 0. The molecule has 0 heterocycles. The number of rotatable bonds is 2. The van der Waals surface area contributed by atoms with Crippen molar-refractivity contribution >= 4 is 5.78 Å². The quantitative estimate of drug-likeness (QED) is 0.770. The Kier molecular flexibility index (Phi) is 5.82. The third kappa shape index (κ3) is 3.48. The molecule has 0 aromatic heterocycles. The fourth-order valence-electron chi connectivity index (χ4n) is 1.37.